The van der Waals surface area contributed by atoms with E-state index in [0.717, 1.165) is 31.4 Å². The molecule has 2 atom stereocenters. The number of piperazine rings is 1. The van der Waals surface area contributed by atoms with Gasteiger partial charge in [-0.1, -0.05) is 6.07 Å². The highest BCUT2D eigenvalue weighted by atomic mass is 19.1. The Kier molecular flexibility index (Phi) is 6.76. The number of aryl methyl sites for hydroxylation is 1. The summed E-state index contributed by atoms with van der Waals surface area (Å²) in [6.45, 7) is 12.6. The zero-order valence-electron chi connectivity index (χ0n) is 22.8. The van der Waals surface area contributed by atoms with E-state index in [1.54, 1.807) is 6.07 Å². The van der Waals surface area contributed by atoms with E-state index in [-0.39, 0.29) is 29.2 Å². The molecule has 3 aromatic heterocycles. The van der Waals surface area contributed by atoms with Gasteiger partial charge in [-0.3, -0.25) is 9.80 Å². The van der Waals surface area contributed by atoms with Crippen molar-refractivity contribution >= 4 is 22.8 Å². The van der Waals surface area contributed by atoms with Gasteiger partial charge in [0, 0.05) is 49.5 Å². The highest BCUT2D eigenvalue weighted by Crippen LogP contribution is 2.31. The highest BCUT2D eigenvalue weighted by molar-refractivity contribution is 5.83. The molecule has 0 saturated carbocycles. The van der Waals surface area contributed by atoms with E-state index in [9.17, 15) is 8.78 Å². The molecule has 2 aliphatic rings. The van der Waals surface area contributed by atoms with Crippen LogP contribution in [-0.4, -0.2) is 66.5 Å². The van der Waals surface area contributed by atoms with Crippen molar-refractivity contribution in [2.24, 2.45) is 0 Å². The van der Waals surface area contributed by atoms with Gasteiger partial charge in [0.15, 0.2) is 11.6 Å². The number of nitrogens with one attached hydrogen (secondary N) is 1. The summed E-state index contributed by atoms with van der Waals surface area (Å²) in [7, 11) is 0. The second-order valence-electron chi connectivity index (χ2n) is 10.9. The molecule has 5 heterocycles. The summed E-state index contributed by atoms with van der Waals surface area (Å²) < 4.78 is 31.8. The van der Waals surface area contributed by atoms with Crippen molar-refractivity contribution in [3.05, 3.63) is 59.7 Å². The number of anilines is 2. The average molecular weight is 533 g/mol. The molecule has 10 heteroatoms. The van der Waals surface area contributed by atoms with Crippen LogP contribution in [0.25, 0.3) is 22.3 Å². The third kappa shape index (κ3) is 4.87. The van der Waals surface area contributed by atoms with E-state index in [2.05, 4.69) is 48.0 Å². The molecule has 0 aliphatic carbocycles. The Morgan fingerprint density at radius 3 is 2.59 bits per heavy atom. The normalized spacial score (nSPS) is 19.1. The first kappa shape index (κ1) is 25.8. The summed E-state index contributed by atoms with van der Waals surface area (Å²) in [4.78, 5) is 22.6. The number of halogens is 2. The van der Waals surface area contributed by atoms with E-state index in [1.807, 2.05) is 37.6 Å². The Bertz CT molecular complexity index is 1500. The number of aromatic nitrogens is 5. The molecule has 8 nitrogen and oxygen atoms in total. The molecule has 0 radical (unpaired) electrons. The molecular formula is C29H34F2N8. The zero-order chi connectivity index (χ0) is 27.3. The molecule has 2 saturated heterocycles. The lowest BCUT2D eigenvalue weighted by Gasteiger charge is -2.40. The van der Waals surface area contributed by atoms with Gasteiger partial charge in [-0.25, -0.2) is 28.7 Å². The van der Waals surface area contributed by atoms with Crippen molar-refractivity contribution in [3.8, 4) is 11.3 Å². The Morgan fingerprint density at radius 1 is 0.974 bits per heavy atom. The van der Waals surface area contributed by atoms with Gasteiger partial charge >= 0.3 is 0 Å². The summed E-state index contributed by atoms with van der Waals surface area (Å²) in [5.74, 6) is 0.293. The number of hydrogen-bond acceptors (Lipinski definition) is 7. The SMILES string of the molecule is Cc1nc2c(F)cc(-c3nc(Nc4ccc(C(C)N5CCN6CCCC6C5)cn4)ncc3F)cc2n1C(C)C. The van der Waals surface area contributed by atoms with Crippen LogP contribution >= 0.6 is 0 Å². The quantitative estimate of drug-likeness (QED) is 0.344. The van der Waals surface area contributed by atoms with Crippen LogP contribution in [-0.2, 0) is 0 Å². The lowest BCUT2D eigenvalue weighted by Crippen LogP contribution is -2.50. The third-order valence-electron chi connectivity index (χ3n) is 8.13. The van der Waals surface area contributed by atoms with Crippen LogP contribution in [0.4, 0.5) is 20.5 Å². The molecule has 2 fully saturated rings. The first-order chi connectivity index (χ1) is 18.8. The molecule has 2 unspecified atom stereocenters. The Hall–Kier alpha value is -3.50. The fourth-order valence-electron chi connectivity index (χ4n) is 6.11. The summed E-state index contributed by atoms with van der Waals surface area (Å²) in [6, 6.07) is 7.96. The molecule has 2 aliphatic heterocycles. The van der Waals surface area contributed by atoms with Crippen LogP contribution in [0.2, 0.25) is 0 Å². The summed E-state index contributed by atoms with van der Waals surface area (Å²) in [5.41, 5.74) is 2.35. The zero-order valence-corrected chi connectivity index (χ0v) is 22.8. The number of imidazole rings is 1. The smallest absolute Gasteiger partial charge is 0.229 e. The maximum absolute atomic E-state index is 15.0. The third-order valence-corrected chi connectivity index (χ3v) is 8.13. The van der Waals surface area contributed by atoms with Crippen LogP contribution in [0.1, 0.15) is 57.1 Å². The Labute approximate surface area is 227 Å². The van der Waals surface area contributed by atoms with Gasteiger partial charge in [-0.15, -0.1) is 0 Å². The van der Waals surface area contributed by atoms with Gasteiger partial charge < -0.3 is 9.88 Å². The molecule has 4 aromatic rings. The fourth-order valence-corrected chi connectivity index (χ4v) is 6.11. The van der Waals surface area contributed by atoms with Gasteiger partial charge in [-0.2, -0.15) is 0 Å². The summed E-state index contributed by atoms with van der Waals surface area (Å²) >= 11 is 0. The van der Waals surface area contributed by atoms with Crippen LogP contribution in [0.5, 0.6) is 0 Å². The summed E-state index contributed by atoms with van der Waals surface area (Å²) in [5, 5.41) is 3.07. The lowest BCUT2D eigenvalue weighted by atomic mass is 10.1. The van der Waals surface area contributed by atoms with E-state index in [0.29, 0.717) is 28.8 Å². The second kappa shape index (κ2) is 10.2. The first-order valence-corrected chi connectivity index (χ1v) is 13.7. The van der Waals surface area contributed by atoms with E-state index < -0.39 is 11.6 Å². The van der Waals surface area contributed by atoms with Crippen LogP contribution < -0.4 is 5.32 Å². The Balaban J connectivity index is 1.22. The van der Waals surface area contributed by atoms with Crippen molar-refractivity contribution in [2.75, 3.05) is 31.5 Å². The molecule has 0 amide bonds. The van der Waals surface area contributed by atoms with Gasteiger partial charge in [0.1, 0.15) is 22.9 Å². The minimum atomic E-state index is -0.633. The standard InChI is InChI=1S/C29H34F2N8/c1-17(2)39-19(4)34-28-23(30)12-21(13-25(28)39)27-24(31)15-33-29(36-27)35-26-8-7-20(14-32-26)18(3)38-11-10-37-9-5-6-22(37)16-38/h7-8,12-15,17-18,22H,5-6,9-11,16H2,1-4H3,(H,32,33,35,36). The molecule has 1 N–H and O–H groups in total. The van der Waals surface area contributed by atoms with Crippen LogP contribution in [0, 0.1) is 18.6 Å². The number of hydrogen-bond donors (Lipinski definition) is 1. The van der Waals surface area contributed by atoms with Crippen molar-refractivity contribution in [3.63, 3.8) is 0 Å². The Morgan fingerprint density at radius 2 is 1.82 bits per heavy atom. The number of rotatable bonds is 6. The molecule has 6 rings (SSSR count). The predicted molar refractivity (Wildman–Crippen MR) is 148 cm³/mol. The monoisotopic (exact) mass is 532 g/mol. The molecule has 0 spiro atoms. The minimum Gasteiger partial charge on any atom is -0.326 e. The number of pyridine rings is 1. The van der Waals surface area contributed by atoms with Crippen LogP contribution in [0.15, 0.2) is 36.7 Å². The highest BCUT2D eigenvalue weighted by Gasteiger charge is 2.32. The van der Waals surface area contributed by atoms with Crippen molar-refractivity contribution < 1.29 is 8.78 Å². The minimum absolute atomic E-state index is 0.0127. The first-order valence-electron chi connectivity index (χ1n) is 13.7. The van der Waals surface area contributed by atoms with Gasteiger partial charge in [-0.05, 0) is 70.8 Å². The molecule has 0 bridgehead atoms. The molecular weight excluding hydrogens is 498 g/mol. The maximum Gasteiger partial charge on any atom is 0.229 e. The molecule has 204 valence electrons. The van der Waals surface area contributed by atoms with Gasteiger partial charge in [0.2, 0.25) is 5.95 Å². The largest absolute Gasteiger partial charge is 0.326 e. The molecule has 1 aromatic carbocycles. The van der Waals surface area contributed by atoms with Gasteiger partial charge in [0.25, 0.3) is 0 Å². The fraction of sp³-hybridized carbons (Fsp3) is 0.448. The van der Waals surface area contributed by atoms with Crippen LogP contribution in [0.3, 0.4) is 0 Å². The lowest BCUT2D eigenvalue weighted by molar-refractivity contribution is 0.0769. The molecule has 39 heavy (non-hydrogen) atoms. The van der Waals surface area contributed by atoms with Crippen molar-refractivity contribution in [1.29, 1.82) is 0 Å². The van der Waals surface area contributed by atoms with Gasteiger partial charge in [0.05, 0.1) is 11.7 Å². The predicted octanol–water partition coefficient (Wildman–Crippen LogP) is 5.64. The van der Waals surface area contributed by atoms with E-state index in [4.69, 9.17) is 0 Å². The van der Waals surface area contributed by atoms with E-state index >= 15 is 0 Å². The topological polar surface area (TPSA) is 75.0 Å². The van der Waals surface area contributed by atoms with Crippen molar-refractivity contribution in [1.82, 2.24) is 34.3 Å². The number of fused-ring (bicyclic) bond motifs is 2. The maximum atomic E-state index is 15.0. The average Bonchev–Trinajstić information content (AvgIpc) is 3.53. The number of nitrogens with zero attached hydrogens (tertiary/aromatic N) is 7. The second-order valence-corrected chi connectivity index (χ2v) is 10.9. The summed E-state index contributed by atoms with van der Waals surface area (Å²) in [6.07, 6.45) is 5.55. The van der Waals surface area contributed by atoms with Crippen molar-refractivity contribution in [2.45, 2.75) is 58.7 Å². The van der Waals surface area contributed by atoms with E-state index in [1.165, 1.54) is 25.5 Å². The number of benzene rings is 1.